The molecule has 1 unspecified atom stereocenters. The number of hydrogen-bond acceptors (Lipinski definition) is 2. The molecule has 1 saturated heterocycles. The molecule has 2 amide bonds. The Morgan fingerprint density at radius 2 is 2.00 bits per heavy atom. The van der Waals surface area contributed by atoms with Crippen LogP contribution in [0.25, 0.3) is 10.9 Å². The van der Waals surface area contributed by atoms with Gasteiger partial charge in [-0.25, -0.2) is 4.79 Å². The molecule has 0 radical (unpaired) electrons. The number of benzene rings is 2. The zero-order chi connectivity index (χ0) is 18.6. The van der Waals surface area contributed by atoms with E-state index >= 15 is 0 Å². The van der Waals surface area contributed by atoms with Crippen LogP contribution >= 0.6 is 0 Å². The van der Waals surface area contributed by atoms with Gasteiger partial charge in [0.05, 0.1) is 12.6 Å². The van der Waals surface area contributed by atoms with Crippen molar-refractivity contribution in [2.75, 3.05) is 19.0 Å². The molecular formula is C22H25N3O2. The van der Waals surface area contributed by atoms with Gasteiger partial charge in [0, 0.05) is 30.6 Å². The summed E-state index contributed by atoms with van der Waals surface area (Å²) in [7, 11) is 1.68. The summed E-state index contributed by atoms with van der Waals surface area (Å²) in [4.78, 5) is 18.4. The van der Waals surface area contributed by atoms with E-state index in [9.17, 15) is 4.79 Å². The minimum atomic E-state index is -0.0437. The number of nitrogens with one attached hydrogen (secondary N) is 2. The standard InChI is InChI=1S/C22H25N3O2/c1-27-15-16-9-11-18(12-10-16)23-22(26)25-13-5-4-8-21(25)20-14-17-6-2-3-7-19(17)24-20/h2-3,6-7,9-12,14,21,24H,4-5,8,13,15H2,1H3,(H,23,26). The van der Waals surface area contributed by atoms with Crippen LogP contribution in [0.4, 0.5) is 10.5 Å². The number of rotatable bonds is 4. The third-order valence-corrected chi connectivity index (χ3v) is 5.19. The molecule has 1 aliphatic rings. The molecule has 4 rings (SSSR count). The van der Waals surface area contributed by atoms with Crippen LogP contribution in [0.2, 0.25) is 0 Å². The van der Waals surface area contributed by atoms with Gasteiger partial charge in [-0.1, -0.05) is 30.3 Å². The number of urea groups is 1. The minimum absolute atomic E-state index is 0.0437. The zero-order valence-electron chi connectivity index (χ0n) is 15.6. The van der Waals surface area contributed by atoms with E-state index < -0.39 is 0 Å². The lowest BCUT2D eigenvalue weighted by atomic mass is 9.99. The molecule has 0 aliphatic carbocycles. The first-order chi connectivity index (χ1) is 13.2. The van der Waals surface area contributed by atoms with Gasteiger partial charge in [-0.15, -0.1) is 0 Å². The number of ether oxygens (including phenoxy) is 1. The smallest absolute Gasteiger partial charge is 0.322 e. The predicted molar refractivity (Wildman–Crippen MR) is 108 cm³/mol. The number of fused-ring (bicyclic) bond motifs is 1. The summed E-state index contributed by atoms with van der Waals surface area (Å²) in [5.41, 5.74) is 4.12. The number of aromatic amines is 1. The molecule has 3 aromatic rings. The van der Waals surface area contributed by atoms with E-state index in [1.54, 1.807) is 7.11 Å². The molecule has 1 aliphatic heterocycles. The van der Waals surface area contributed by atoms with E-state index in [-0.39, 0.29) is 12.1 Å². The van der Waals surface area contributed by atoms with Crippen LogP contribution in [-0.4, -0.2) is 29.6 Å². The second kappa shape index (κ2) is 7.84. The van der Waals surface area contributed by atoms with Crippen molar-refractivity contribution >= 4 is 22.6 Å². The van der Waals surface area contributed by atoms with Crippen molar-refractivity contribution in [3.05, 3.63) is 65.9 Å². The van der Waals surface area contributed by atoms with Crippen molar-refractivity contribution in [1.82, 2.24) is 9.88 Å². The van der Waals surface area contributed by atoms with Crippen molar-refractivity contribution in [2.45, 2.75) is 31.9 Å². The Morgan fingerprint density at radius 1 is 1.19 bits per heavy atom. The maximum absolute atomic E-state index is 13.0. The Kier molecular flexibility index (Phi) is 5.12. The summed E-state index contributed by atoms with van der Waals surface area (Å²) in [6.45, 7) is 1.34. The highest BCUT2D eigenvalue weighted by atomic mass is 16.5. The number of hydrogen-bond donors (Lipinski definition) is 2. The first kappa shape index (κ1) is 17.6. The largest absolute Gasteiger partial charge is 0.380 e. The second-order valence-corrected chi connectivity index (χ2v) is 7.08. The molecule has 1 aromatic heterocycles. The average Bonchev–Trinajstić information content (AvgIpc) is 3.14. The van der Waals surface area contributed by atoms with Gasteiger partial charge in [-0.2, -0.15) is 0 Å². The molecule has 2 aromatic carbocycles. The van der Waals surface area contributed by atoms with E-state index in [1.165, 1.54) is 5.39 Å². The van der Waals surface area contributed by atoms with Crippen LogP contribution in [0.1, 0.15) is 36.6 Å². The van der Waals surface area contributed by atoms with E-state index in [1.807, 2.05) is 41.3 Å². The molecule has 27 heavy (non-hydrogen) atoms. The summed E-state index contributed by atoms with van der Waals surface area (Å²) in [5, 5.41) is 4.23. The van der Waals surface area contributed by atoms with Crippen LogP contribution in [0.5, 0.6) is 0 Å². The van der Waals surface area contributed by atoms with Gasteiger partial charge in [0.1, 0.15) is 0 Å². The fraction of sp³-hybridized carbons (Fsp3) is 0.318. The predicted octanol–water partition coefficient (Wildman–Crippen LogP) is 5.07. The lowest BCUT2D eigenvalue weighted by Gasteiger charge is -2.35. The Morgan fingerprint density at radius 3 is 2.78 bits per heavy atom. The fourth-order valence-electron chi connectivity index (χ4n) is 3.82. The van der Waals surface area contributed by atoms with Gasteiger partial charge in [0.2, 0.25) is 0 Å². The number of aromatic nitrogens is 1. The molecule has 140 valence electrons. The molecule has 5 nitrogen and oxygen atoms in total. The number of H-pyrrole nitrogens is 1. The number of para-hydroxylation sites is 1. The van der Waals surface area contributed by atoms with E-state index in [0.717, 1.165) is 48.3 Å². The maximum Gasteiger partial charge on any atom is 0.322 e. The van der Waals surface area contributed by atoms with Gasteiger partial charge in [-0.05, 0) is 54.5 Å². The van der Waals surface area contributed by atoms with Crippen molar-refractivity contribution in [2.24, 2.45) is 0 Å². The van der Waals surface area contributed by atoms with Crippen LogP contribution in [0, 0.1) is 0 Å². The van der Waals surface area contributed by atoms with Gasteiger partial charge < -0.3 is 19.9 Å². The van der Waals surface area contributed by atoms with E-state index in [0.29, 0.717) is 6.61 Å². The van der Waals surface area contributed by atoms with Crippen molar-refractivity contribution in [3.63, 3.8) is 0 Å². The lowest BCUT2D eigenvalue weighted by Crippen LogP contribution is -2.41. The Balaban J connectivity index is 1.51. The molecule has 5 heteroatoms. The molecule has 1 atom stereocenters. The monoisotopic (exact) mass is 363 g/mol. The van der Waals surface area contributed by atoms with E-state index in [2.05, 4.69) is 28.5 Å². The molecule has 2 N–H and O–H groups in total. The average molecular weight is 363 g/mol. The third kappa shape index (κ3) is 3.83. The number of likely N-dealkylation sites (tertiary alicyclic amines) is 1. The SMILES string of the molecule is COCc1ccc(NC(=O)N2CCCCC2c2cc3ccccc3[nH]2)cc1. The maximum atomic E-state index is 13.0. The third-order valence-electron chi connectivity index (χ3n) is 5.19. The highest BCUT2D eigenvalue weighted by Gasteiger charge is 2.29. The molecule has 0 bridgehead atoms. The molecule has 0 spiro atoms. The summed E-state index contributed by atoms with van der Waals surface area (Å²) in [6.07, 6.45) is 3.15. The summed E-state index contributed by atoms with van der Waals surface area (Å²) in [5.74, 6) is 0. The number of methoxy groups -OCH3 is 1. The second-order valence-electron chi connectivity index (χ2n) is 7.08. The Bertz CT molecular complexity index is 884. The Labute approximate surface area is 159 Å². The first-order valence-electron chi connectivity index (χ1n) is 9.48. The zero-order valence-corrected chi connectivity index (χ0v) is 15.6. The number of nitrogens with zero attached hydrogens (tertiary/aromatic N) is 1. The first-order valence-corrected chi connectivity index (χ1v) is 9.48. The lowest BCUT2D eigenvalue weighted by molar-refractivity contribution is 0.162. The van der Waals surface area contributed by atoms with Crippen LogP contribution in [0.15, 0.2) is 54.6 Å². The topological polar surface area (TPSA) is 57.4 Å². The van der Waals surface area contributed by atoms with Gasteiger partial charge >= 0.3 is 6.03 Å². The Hall–Kier alpha value is -2.79. The summed E-state index contributed by atoms with van der Waals surface area (Å²) >= 11 is 0. The normalized spacial score (nSPS) is 17.2. The van der Waals surface area contributed by atoms with Crippen molar-refractivity contribution in [3.8, 4) is 0 Å². The van der Waals surface area contributed by atoms with Gasteiger partial charge in [0.25, 0.3) is 0 Å². The highest BCUT2D eigenvalue weighted by Crippen LogP contribution is 2.32. The number of anilines is 1. The van der Waals surface area contributed by atoms with Crippen LogP contribution < -0.4 is 5.32 Å². The number of carbonyl (C=O) groups excluding carboxylic acids is 1. The van der Waals surface area contributed by atoms with Gasteiger partial charge in [0.15, 0.2) is 0 Å². The summed E-state index contributed by atoms with van der Waals surface area (Å²) < 4.78 is 5.13. The quantitative estimate of drug-likeness (QED) is 0.680. The molecular weight excluding hydrogens is 338 g/mol. The number of carbonyl (C=O) groups is 1. The van der Waals surface area contributed by atoms with Crippen molar-refractivity contribution < 1.29 is 9.53 Å². The molecule has 2 heterocycles. The van der Waals surface area contributed by atoms with Crippen LogP contribution in [-0.2, 0) is 11.3 Å². The summed E-state index contributed by atoms with van der Waals surface area (Å²) in [6, 6.07) is 18.3. The van der Waals surface area contributed by atoms with Crippen molar-refractivity contribution in [1.29, 1.82) is 0 Å². The fourth-order valence-corrected chi connectivity index (χ4v) is 3.82. The molecule has 0 saturated carbocycles. The van der Waals surface area contributed by atoms with Crippen LogP contribution in [0.3, 0.4) is 0 Å². The minimum Gasteiger partial charge on any atom is -0.380 e. The number of piperidine rings is 1. The van der Waals surface area contributed by atoms with Gasteiger partial charge in [-0.3, -0.25) is 0 Å². The highest BCUT2D eigenvalue weighted by molar-refractivity contribution is 5.90. The number of amides is 2. The van der Waals surface area contributed by atoms with E-state index in [4.69, 9.17) is 4.74 Å². The molecule has 1 fully saturated rings.